The Bertz CT molecular complexity index is 1280. The Balaban J connectivity index is 1.53. The van der Waals surface area contributed by atoms with Crippen LogP contribution in [0.2, 0.25) is 5.02 Å². The van der Waals surface area contributed by atoms with Crippen LogP contribution in [0.4, 0.5) is 0 Å². The van der Waals surface area contributed by atoms with Crippen LogP contribution in [-0.2, 0) is 4.79 Å². The molecular weight excluding hydrogens is 502 g/mol. The maximum absolute atomic E-state index is 12.5. The molecule has 0 saturated carbocycles. The summed E-state index contributed by atoms with van der Waals surface area (Å²) in [6.45, 7) is -0.328. The molecule has 0 spiro atoms. The fourth-order valence-electron chi connectivity index (χ4n) is 3.10. The quantitative estimate of drug-likeness (QED) is 0.180. The van der Waals surface area contributed by atoms with Crippen LogP contribution >= 0.6 is 11.6 Å². The van der Waals surface area contributed by atoms with Crippen molar-refractivity contribution in [2.24, 2.45) is 5.10 Å². The monoisotopic (exact) mass is 525 g/mol. The van der Waals surface area contributed by atoms with E-state index in [4.69, 9.17) is 30.5 Å². The van der Waals surface area contributed by atoms with E-state index in [2.05, 4.69) is 15.8 Å². The average Bonchev–Trinajstić information content (AvgIpc) is 2.91. The van der Waals surface area contributed by atoms with Gasteiger partial charge in [0, 0.05) is 10.6 Å². The van der Waals surface area contributed by atoms with Crippen LogP contribution in [0.3, 0.4) is 0 Å². The molecule has 3 rings (SSSR count). The van der Waals surface area contributed by atoms with Crippen molar-refractivity contribution in [1.82, 2.24) is 10.7 Å². The highest BCUT2D eigenvalue weighted by atomic mass is 35.5. The lowest BCUT2D eigenvalue weighted by atomic mass is 10.1. The topological polar surface area (TPSA) is 125 Å². The van der Waals surface area contributed by atoms with E-state index in [0.29, 0.717) is 39.1 Å². The van der Waals surface area contributed by atoms with Crippen LogP contribution < -0.4 is 29.7 Å². The lowest BCUT2D eigenvalue weighted by Crippen LogP contribution is -2.34. The predicted octanol–water partition coefficient (Wildman–Crippen LogP) is 3.47. The molecular formula is C26H24ClN3O7. The van der Waals surface area contributed by atoms with Crippen LogP contribution in [0, 0.1) is 0 Å². The van der Waals surface area contributed by atoms with Gasteiger partial charge in [-0.05, 0) is 54.1 Å². The first-order chi connectivity index (χ1) is 17.8. The lowest BCUT2D eigenvalue weighted by molar-refractivity contribution is -0.120. The van der Waals surface area contributed by atoms with Crippen molar-refractivity contribution in [1.29, 1.82) is 0 Å². The summed E-state index contributed by atoms with van der Waals surface area (Å²) in [6, 6.07) is 15.8. The second kappa shape index (κ2) is 12.9. The molecule has 0 bridgehead atoms. The van der Waals surface area contributed by atoms with Gasteiger partial charge in [0.1, 0.15) is 5.75 Å². The van der Waals surface area contributed by atoms with Crippen LogP contribution in [0.25, 0.3) is 0 Å². The van der Waals surface area contributed by atoms with Crippen molar-refractivity contribution in [2.75, 3.05) is 27.9 Å². The van der Waals surface area contributed by atoms with E-state index >= 15 is 0 Å². The number of carbonyl (C=O) groups excluding carboxylic acids is 3. The molecule has 0 unspecified atom stereocenters. The summed E-state index contributed by atoms with van der Waals surface area (Å²) in [5.74, 6) is -0.354. The summed E-state index contributed by atoms with van der Waals surface area (Å²) < 4.78 is 21.1. The molecule has 0 aliphatic heterocycles. The van der Waals surface area contributed by atoms with Gasteiger partial charge in [-0.3, -0.25) is 9.59 Å². The Morgan fingerprint density at radius 1 is 0.892 bits per heavy atom. The van der Waals surface area contributed by atoms with Gasteiger partial charge in [-0.25, -0.2) is 10.2 Å². The molecule has 0 atom stereocenters. The molecule has 2 amide bonds. The molecule has 0 aromatic heterocycles. The molecule has 3 aromatic rings. The first-order valence-electron chi connectivity index (χ1n) is 10.8. The molecule has 11 heteroatoms. The van der Waals surface area contributed by atoms with Crippen LogP contribution in [0.5, 0.6) is 23.0 Å². The van der Waals surface area contributed by atoms with Gasteiger partial charge in [0.15, 0.2) is 11.5 Å². The van der Waals surface area contributed by atoms with E-state index in [1.165, 1.54) is 39.7 Å². The number of hydrazone groups is 1. The maximum atomic E-state index is 12.5. The van der Waals surface area contributed by atoms with Gasteiger partial charge in [0.05, 0.1) is 39.7 Å². The van der Waals surface area contributed by atoms with Crippen LogP contribution in [0.15, 0.2) is 65.8 Å². The largest absolute Gasteiger partial charge is 0.493 e. The highest BCUT2D eigenvalue weighted by Crippen LogP contribution is 2.38. The van der Waals surface area contributed by atoms with Crippen molar-refractivity contribution < 1.29 is 33.3 Å². The van der Waals surface area contributed by atoms with E-state index in [1.807, 2.05) is 0 Å². The van der Waals surface area contributed by atoms with Crippen molar-refractivity contribution in [3.8, 4) is 23.0 Å². The van der Waals surface area contributed by atoms with E-state index in [9.17, 15) is 14.4 Å². The number of esters is 1. The van der Waals surface area contributed by atoms with Crippen molar-refractivity contribution in [3.05, 3.63) is 82.4 Å². The highest BCUT2D eigenvalue weighted by molar-refractivity contribution is 6.30. The van der Waals surface area contributed by atoms with Crippen molar-refractivity contribution >= 4 is 35.6 Å². The van der Waals surface area contributed by atoms with E-state index in [1.54, 1.807) is 48.5 Å². The number of halogens is 1. The number of hydrogen-bond acceptors (Lipinski definition) is 8. The number of carbonyl (C=O) groups is 3. The molecule has 10 nitrogen and oxygen atoms in total. The average molecular weight is 526 g/mol. The number of amides is 2. The normalized spacial score (nSPS) is 10.5. The summed E-state index contributed by atoms with van der Waals surface area (Å²) in [5, 5.41) is 6.88. The molecule has 0 radical (unpaired) electrons. The van der Waals surface area contributed by atoms with E-state index in [-0.39, 0.29) is 12.1 Å². The molecule has 0 heterocycles. The molecule has 192 valence electrons. The second-order valence-electron chi connectivity index (χ2n) is 7.36. The number of nitrogens with zero attached hydrogens (tertiary/aromatic N) is 1. The lowest BCUT2D eigenvalue weighted by Gasteiger charge is -2.14. The molecule has 2 N–H and O–H groups in total. The standard InChI is InChI=1S/C26H24ClN3O7/c1-34-21-12-18(13-22(35-2)24(21)36-3)25(32)28-15-23(31)30-29-14-16-5-4-6-20(11-16)37-26(33)17-7-9-19(27)10-8-17/h4-14H,15H2,1-3H3,(H,28,32)(H,30,31). The van der Waals surface area contributed by atoms with Gasteiger partial charge < -0.3 is 24.3 Å². The summed E-state index contributed by atoms with van der Waals surface area (Å²) in [4.78, 5) is 36.9. The Labute approximate surface area is 218 Å². The Morgan fingerprint density at radius 2 is 1.57 bits per heavy atom. The minimum Gasteiger partial charge on any atom is -0.493 e. The third-order valence-electron chi connectivity index (χ3n) is 4.89. The zero-order valence-electron chi connectivity index (χ0n) is 20.2. The molecule has 37 heavy (non-hydrogen) atoms. The summed E-state index contributed by atoms with van der Waals surface area (Å²) in [5.41, 5.74) is 3.46. The first kappa shape index (κ1) is 27.0. The van der Waals surface area contributed by atoms with Gasteiger partial charge in [-0.2, -0.15) is 5.10 Å². The van der Waals surface area contributed by atoms with E-state index in [0.717, 1.165) is 0 Å². The number of nitrogens with one attached hydrogen (secondary N) is 2. The number of rotatable bonds is 10. The fraction of sp³-hybridized carbons (Fsp3) is 0.154. The summed E-state index contributed by atoms with van der Waals surface area (Å²) >= 11 is 5.83. The smallest absolute Gasteiger partial charge is 0.343 e. The number of ether oxygens (including phenoxy) is 4. The second-order valence-corrected chi connectivity index (χ2v) is 7.80. The molecule has 0 saturated heterocycles. The maximum Gasteiger partial charge on any atom is 0.343 e. The van der Waals surface area contributed by atoms with Gasteiger partial charge in [-0.15, -0.1) is 0 Å². The Kier molecular flexibility index (Phi) is 9.45. The van der Waals surface area contributed by atoms with Gasteiger partial charge >= 0.3 is 5.97 Å². The highest BCUT2D eigenvalue weighted by Gasteiger charge is 2.17. The van der Waals surface area contributed by atoms with Gasteiger partial charge in [-0.1, -0.05) is 23.7 Å². The molecule has 0 aliphatic rings. The third-order valence-corrected chi connectivity index (χ3v) is 5.14. The Hall–Kier alpha value is -4.57. The van der Waals surface area contributed by atoms with Gasteiger partial charge in [0.2, 0.25) is 5.75 Å². The minimum absolute atomic E-state index is 0.218. The number of hydrogen-bond donors (Lipinski definition) is 2. The SMILES string of the molecule is COc1cc(C(=O)NCC(=O)NN=Cc2cccc(OC(=O)c3ccc(Cl)cc3)c2)cc(OC)c1OC. The molecule has 0 fully saturated rings. The first-order valence-corrected chi connectivity index (χ1v) is 11.2. The summed E-state index contributed by atoms with van der Waals surface area (Å²) in [6.07, 6.45) is 1.37. The fourth-order valence-corrected chi connectivity index (χ4v) is 3.23. The van der Waals surface area contributed by atoms with Crippen molar-refractivity contribution in [2.45, 2.75) is 0 Å². The third kappa shape index (κ3) is 7.45. The number of methoxy groups -OCH3 is 3. The number of benzene rings is 3. The minimum atomic E-state index is -0.553. The molecule has 3 aromatic carbocycles. The van der Waals surface area contributed by atoms with Crippen LogP contribution in [-0.4, -0.2) is 51.9 Å². The zero-order chi connectivity index (χ0) is 26.8. The molecule has 0 aliphatic carbocycles. The zero-order valence-corrected chi connectivity index (χ0v) is 21.0. The Morgan fingerprint density at radius 3 is 2.19 bits per heavy atom. The predicted molar refractivity (Wildman–Crippen MR) is 137 cm³/mol. The van der Waals surface area contributed by atoms with Crippen LogP contribution in [0.1, 0.15) is 26.3 Å². The van der Waals surface area contributed by atoms with Gasteiger partial charge in [0.25, 0.3) is 11.8 Å². The summed E-state index contributed by atoms with van der Waals surface area (Å²) in [7, 11) is 4.32. The van der Waals surface area contributed by atoms with Crippen molar-refractivity contribution in [3.63, 3.8) is 0 Å². The van der Waals surface area contributed by atoms with E-state index < -0.39 is 17.8 Å².